The van der Waals surface area contributed by atoms with Crippen LogP contribution in [0.5, 0.6) is 11.5 Å². The molecule has 2 aromatic carbocycles. The number of carbonyl (C=O) groups excluding carboxylic acids is 1. The number of rotatable bonds is 5. The molecule has 1 aliphatic heterocycles. The average molecular weight is 430 g/mol. The molecular formula is C22H20ClNO6. The molecule has 1 fully saturated rings. The molecule has 1 amide bonds. The molecule has 156 valence electrons. The molecule has 0 radical (unpaired) electrons. The molecule has 0 atom stereocenters. The molecular weight excluding hydrogens is 410 g/mol. The van der Waals surface area contributed by atoms with Crippen molar-refractivity contribution in [3.05, 3.63) is 57.7 Å². The second kappa shape index (κ2) is 8.77. The summed E-state index contributed by atoms with van der Waals surface area (Å²) in [5.74, 6) is 0.659. The van der Waals surface area contributed by atoms with Gasteiger partial charge >= 0.3 is 0 Å². The van der Waals surface area contributed by atoms with Crippen LogP contribution in [0.1, 0.15) is 0 Å². The second-order valence-electron chi connectivity index (χ2n) is 6.74. The molecule has 0 aliphatic carbocycles. The monoisotopic (exact) mass is 429 g/mol. The number of benzene rings is 2. The fourth-order valence-electron chi connectivity index (χ4n) is 3.25. The van der Waals surface area contributed by atoms with Crippen molar-refractivity contribution in [1.29, 1.82) is 0 Å². The number of hydrogen-bond acceptors (Lipinski definition) is 6. The Morgan fingerprint density at radius 2 is 1.87 bits per heavy atom. The predicted molar refractivity (Wildman–Crippen MR) is 112 cm³/mol. The third-order valence-corrected chi connectivity index (χ3v) is 5.10. The highest BCUT2D eigenvalue weighted by molar-refractivity contribution is 6.31. The molecule has 30 heavy (non-hydrogen) atoms. The Morgan fingerprint density at radius 3 is 2.57 bits per heavy atom. The van der Waals surface area contributed by atoms with Crippen LogP contribution in [-0.4, -0.2) is 50.8 Å². The third-order valence-electron chi connectivity index (χ3n) is 4.87. The van der Waals surface area contributed by atoms with Crippen LogP contribution in [0.3, 0.4) is 0 Å². The number of carbonyl (C=O) groups is 1. The van der Waals surface area contributed by atoms with Crippen LogP contribution in [0, 0.1) is 0 Å². The Bertz CT molecular complexity index is 1120. The van der Waals surface area contributed by atoms with E-state index in [4.69, 9.17) is 30.2 Å². The summed E-state index contributed by atoms with van der Waals surface area (Å²) in [6.07, 6.45) is 0. The first-order chi connectivity index (χ1) is 14.6. The van der Waals surface area contributed by atoms with Gasteiger partial charge < -0.3 is 23.5 Å². The van der Waals surface area contributed by atoms with Gasteiger partial charge in [0.05, 0.1) is 25.7 Å². The summed E-state index contributed by atoms with van der Waals surface area (Å²) < 4.78 is 22.2. The van der Waals surface area contributed by atoms with E-state index >= 15 is 0 Å². The van der Waals surface area contributed by atoms with Crippen molar-refractivity contribution in [2.24, 2.45) is 0 Å². The number of morpholine rings is 1. The van der Waals surface area contributed by atoms with Crippen LogP contribution in [0.4, 0.5) is 0 Å². The third kappa shape index (κ3) is 4.13. The van der Waals surface area contributed by atoms with E-state index in [1.807, 2.05) is 0 Å². The van der Waals surface area contributed by atoms with Crippen molar-refractivity contribution in [2.45, 2.75) is 0 Å². The van der Waals surface area contributed by atoms with E-state index in [0.717, 1.165) is 0 Å². The van der Waals surface area contributed by atoms with Gasteiger partial charge in [-0.3, -0.25) is 9.59 Å². The maximum Gasteiger partial charge on any atom is 0.260 e. The molecule has 1 aliphatic rings. The van der Waals surface area contributed by atoms with E-state index in [2.05, 4.69) is 0 Å². The van der Waals surface area contributed by atoms with Gasteiger partial charge in [0, 0.05) is 23.7 Å². The van der Waals surface area contributed by atoms with Crippen LogP contribution < -0.4 is 14.9 Å². The van der Waals surface area contributed by atoms with Crippen molar-refractivity contribution in [1.82, 2.24) is 4.90 Å². The van der Waals surface area contributed by atoms with E-state index in [1.165, 1.54) is 6.07 Å². The molecule has 0 saturated carbocycles. The number of fused-ring (bicyclic) bond motifs is 1. The fourth-order valence-corrected chi connectivity index (χ4v) is 3.42. The lowest BCUT2D eigenvalue weighted by atomic mass is 10.1. The van der Waals surface area contributed by atoms with E-state index in [0.29, 0.717) is 48.2 Å². The minimum atomic E-state index is -0.389. The molecule has 8 heteroatoms. The first kappa shape index (κ1) is 20.3. The summed E-state index contributed by atoms with van der Waals surface area (Å²) in [6, 6.07) is 11.8. The van der Waals surface area contributed by atoms with Crippen LogP contribution in [0.15, 0.2) is 51.7 Å². The highest BCUT2D eigenvalue weighted by atomic mass is 35.5. The number of nitrogens with zero attached hydrogens (tertiary/aromatic N) is 1. The summed E-state index contributed by atoms with van der Waals surface area (Å²) in [5.41, 5.74) is 0.611. The van der Waals surface area contributed by atoms with E-state index in [1.54, 1.807) is 48.4 Å². The van der Waals surface area contributed by atoms with Gasteiger partial charge in [-0.1, -0.05) is 11.6 Å². The number of hydrogen-bond donors (Lipinski definition) is 0. The Morgan fingerprint density at radius 1 is 1.13 bits per heavy atom. The number of methoxy groups -OCH3 is 1. The molecule has 0 bridgehead atoms. The highest BCUT2D eigenvalue weighted by Gasteiger charge is 2.22. The number of halogens is 1. The topological polar surface area (TPSA) is 78.2 Å². The van der Waals surface area contributed by atoms with Gasteiger partial charge in [0.2, 0.25) is 11.2 Å². The average Bonchev–Trinajstić information content (AvgIpc) is 2.79. The summed E-state index contributed by atoms with van der Waals surface area (Å²) in [7, 11) is 1.57. The summed E-state index contributed by atoms with van der Waals surface area (Å²) in [5, 5.41) is 0.691. The van der Waals surface area contributed by atoms with Gasteiger partial charge in [-0.2, -0.15) is 0 Å². The van der Waals surface area contributed by atoms with Crippen molar-refractivity contribution in [3.63, 3.8) is 0 Å². The Kier molecular flexibility index (Phi) is 5.92. The minimum Gasteiger partial charge on any atom is -0.497 e. The lowest BCUT2D eigenvalue weighted by molar-refractivity contribution is -0.137. The van der Waals surface area contributed by atoms with Crippen LogP contribution >= 0.6 is 11.6 Å². The summed E-state index contributed by atoms with van der Waals surface area (Å²) in [4.78, 5) is 27.3. The number of ether oxygens (including phenoxy) is 3. The zero-order chi connectivity index (χ0) is 21.1. The Hall–Kier alpha value is -3.03. The van der Waals surface area contributed by atoms with Gasteiger partial charge in [0.15, 0.2) is 12.4 Å². The first-order valence-corrected chi connectivity index (χ1v) is 9.83. The molecule has 0 spiro atoms. The number of amides is 1. The molecule has 0 unspecified atom stereocenters. The maximum absolute atomic E-state index is 13.2. The van der Waals surface area contributed by atoms with Gasteiger partial charge in [-0.25, -0.2) is 0 Å². The largest absolute Gasteiger partial charge is 0.497 e. The van der Waals surface area contributed by atoms with Gasteiger partial charge in [-0.05, 0) is 42.5 Å². The van der Waals surface area contributed by atoms with Crippen LogP contribution in [0.25, 0.3) is 22.3 Å². The maximum atomic E-state index is 13.2. The van der Waals surface area contributed by atoms with Crippen molar-refractivity contribution >= 4 is 28.5 Å². The molecule has 1 saturated heterocycles. The predicted octanol–water partition coefficient (Wildman–Crippen LogP) is 3.36. The standard InChI is InChI=1S/C22H20ClNO6/c1-27-16-5-2-14(3-6-16)21-22(29-13-19(25)24-8-10-28-11-9-24)20(26)17-12-15(23)4-7-18(17)30-21/h2-7,12H,8-11,13H2,1H3. The molecule has 1 aromatic heterocycles. The molecule has 7 nitrogen and oxygen atoms in total. The molecule has 2 heterocycles. The van der Waals surface area contributed by atoms with E-state index in [-0.39, 0.29) is 34.8 Å². The molecule has 3 aromatic rings. The van der Waals surface area contributed by atoms with Crippen LogP contribution in [0.2, 0.25) is 5.02 Å². The minimum absolute atomic E-state index is 0.0310. The van der Waals surface area contributed by atoms with Gasteiger partial charge in [0.1, 0.15) is 11.3 Å². The normalized spacial score (nSPS) is 14.0. The molecule has 0 N–H and O–H groups in total. The Balaban J connectivity index is 1.73. The lowest BCUT2D eigenvalue weighted by Crippen LogP contribution is -2.43. The van der Waals surface area contributed by atoms with Gasteiger partial charge in [0.25, 0.3) is 5.91 Å². The van der Waals surface area contributed by atoms with Crippen LogP contribution in [-0.2, 0) is 9.53 Å². The van der Waals surface area contributed by atoms with Gasteiger partial charge in [-0.15, -0.1) is 0 Å². The first-order valence-electron chi connectivity index (χ1n) is 9.46. The highest BCUT2D eigenvalue weighted by Crippen LogP contribution is 2.32. The van der Waals surface area contributed by atoms with E-state index < -0.39 is 0 Å². The van der Waals surface area contributed by atoms with Crippen molar-refractivity contribution in [2.75, 3.05) is 40.0 Å². The van der Waals surface area contributed by atoms with Crippen molar-refractivity contribution in [3.8, 4) is 22.8 Å². The zero-order valence-electron chi connectivity index (χ0n) is 16.4. The lowest BCUT2D eigenvalue weighted by Gasteiger charge is -2.26. The Labute approximate surface area is 177 Å². The molecule has 4 rings (SSSR count). The quantitative estimate of drug-likeness (QED) is 0.619. The summed E-state index contributed by atoms with van der Waals surface area (Å²) in [6.45, 7) is 1.68. The fraction of sp³-hybridized carbons (Fsp3) is 0.273. The van der Waals surface area contributed by atoms with Crippen molar-refractivity contribution < 1.29 is 23.4 Å². The SMILES string of the molecule is COc1ccc(-c2oc3ccc(Cl)cc3c(=O)c2OCC(=O)N2CCOCC2)cc1. The smallest absolute Gasteiger partial charge is 0.260 e. The zero-order valence-corrected chi connectivity index (χ0v) is 17.1. The van der Waals surface area contributed by atoms with E-state index in [9.17, 15) is 9.59 Å². The summed E-state index contributed by atoms with van der Waals surface area (Å²) >= 11 is 6.05. The second-order valence-corrected chi connectivity index (χ2v) is 7.18.